The molecule has 1 aromatic heterocycles. The lowest BCUT2D eigenvalue weighted by atomic mass is 10.1. The van der Waals surface area contributed by atoms with Gasteiger partial charge in [-0.05, 0) is 18.8 Å². The molecule has 0 unspecified atom stereocenters. The average Bonchev–Trinajstić information content (AvgIpc) is 2.86. The molecule has 1 aliphatic rings. The van der Waals surface area contributed by atoms with Crippen LogP contribution in [0.3, 0.4) is 0 Å². The number of hydrogen-bond acceptors (Lipinski definition) is 5. The molecule has 0 saturated carbocycles. The van der Waals surface area contributed by atoms with Crippen LogP contribution in [0.25, 0.3) is 0 Å². The van der Waals surface area contributed by atoms with Crippen LogP contribution in [-0.2, 0) is 4.74 Å². The first-order valence-electron chi connectivity index (χ1n) is 6.22. The molecular formula is C12H21N3OS. The van der Waals surface area contributed by atoms with Crippen molar-refractivity contribution in [1.82, 2.24) is 4.98 Å². The van der Waals surface area contributed by atoms with Gasteiger partial charge in [0.05, 0.1) is 6.10 Å². The van der Waals surface area contributed by atoms with E-state index in [0.717, 1.165) is 37.7 Å². The van der Waals surface area contributed by atoms with Gasteiger partial charge in [-0.15, -0.1) is 11.3 Å². The van der Waals surface area contributed by atoms with Crippen molar-refractivity contribution in [3.63, 3.8) is 0 Å². The van der Waals surface area contributed by atoms with Crippen LogP contribution in [0.2, 0.25) is 0 Å². The molecule has 0 aromatic carbocycles. The van der Waals surface area contributed by atoms with Crippen LogP contribution in [0.1, 0.15) is 26.7 Å². The standard InChI is InChI=1S/C12H21N3OS/c1-9(2)4-6-16-10-3-5-15(7-10)12-14-11(13)8-17-12/h8-10H,3-7,13H2,1-2H3/t10-/m0/s1. The number of nitrogen functional groups attached to an aromatic ring is 1. The summed E-state index contributed by atoms with van der Waals surface area (Å²) in [6.07, 6.45) is 2.59. The maximum absolute atomic E-state index is 5.88. The summed E-state index contributed by atoms with van der Waals surface area (Å²) in [6, 6.07) is 0. The fraction of sp³-hybridized carbons (Fsp3) is 0.750. The molecule has 0 amide bonds. The second-order valence-corrected chi connectivity index (χ2v) is 5.80. The van der Waals surface area contributed by atoms with E-state index in [2.05, 4.69) is 23.7 Å². The summed E-state index contributed by atoms with van der Waals surface area (Å²) in [4.78, 5) is 6.57. The Bertz CT molecular complexity index is 353. The monoisotopic (exact) mass is 255 g/mol. The molecule has 2 N–H and O–H groups in total. The average molecular weight is 255 g/mol. The van der Waals surface area contributed by atoms with Crippen LogP contribution in [0.4, 0.5) is 10.9 Å². The fourth-order valence-corrected chi connectivity index (χ4v) is 2.68. The lowest BCUT2D eigenvalue weighted by Crippen LogP contribution is -2.23. The van der Waals surface area contributed by atoms with Gasteiger partial charge in [-0.25, -0.2) is 4.98 Å². The minimum atomic E-state index is 0.360. The highest BCUT2D eigenvalue weighted by Crippen LogP contribution is 2.26. The van der Waals surface area contributed by atoms with Crippen LogP contribution in [0.5, 0.6) is 0 Å². The van der Waals surface area contributed by atoms with Crippen molar-refractivity contribution in [1.29, 1.82) is 0 Å². The van der Waals surface area contributed by atoms with E-state index in [1.807, 2.05) is 5.38 Å². The number of nitrogens with two attached hydrogens (primary N) is 1. The van der Waals surface area contributed by atoms with Crippen molar-refractivity contribution in [3.05, 3.63) is 5.38 Å². The summed E-state index contributed by atoms with van der Waals surface area (Å²) in [5.74, 6) is 1.33. The highest BCUT2D eigenvalue weighted by molar-refractivity contribution is 7.14. The molecule has 5 heteroatoms. The van der Waals surface area contributed by atoms with Crippen LogP contribution >= 0.6 is 11.3 Å². The van der Waals surface area contributed by atoms with Crippen LogP contribution in [0, 0.1) is 5.92 Å². The molecule has 1 aromatic rings. The zero-order chi connectivity index (χ0) is 12.3. The first-order chi connectivity index (χ1) is 8.15. The maximum atomic E-state index is 5.88. The lowest BCUT2D eigenvalue weighted by molar-refractivity contribution is 0.0609. The van der Waals surface area contributed by atoms with E-state index in [0.29, 0.717) is 17.8 Å². The second kappa shape index (κ2) is 5.69. The second-order valence-electron chi connectivity index (χ2n) is 4.96. The van der Waals surface area contributed by atoms with Gasteiger partial charge in [0, 0.05) is 25.1 Å². The van der Waals surface area contributed by atoms with Crippen LogP contribution in [0.15, 0.2) is 5.38 Å². The topological polar surface area (TPSA) is 51.4 Å². The summed E-state index contributed by atoms with van der Waals surface area (Å²) in [7, 11) is 0. The Kier molecular flexibility index (Phi) is 4.23. The number of rotatable bonds is 5. The zero-order valence-electron chi connectivity index (χ0n) is 10.6. The van der Waals surface area contributed by atoms with E-state index in [1.165, 1.54) is 0 Å². The zero-order valence-corrected chi connectivity index (χ0v) is 11.4. The third kappa shape index (κ3) is 3.57. The molecule has 0 bridgehead atoms. The quantitative estimate of drug-likeness (QED) is 0.877. The number of nitrogens with zero attached hydrogens (tertiary/aromatic N) is 2. The summed E-state index contributed by atoms with van der Waals surface area (Å²) < 4.78 is 5.88. The largest absolute Gasteiger partial charge is 0.383 e. The van der Waals surface area contributed by atoms with Crippen molar-refractivity contribution in [2.24, 2.45) is 5.92 Å². The third-order valence-electron chi connectivity index (χ3n) is 2.97. The number of aromatic nitrogens is 1. The molecular weight excluding hydrogens is 234 g/mol. The van der Waals surface area contributed by atoms with Gasteiger partial charge in [-0.3, -0.25) is 0 Å². The molecule has 0 radical (unpaired) electrons. The Morgan fingerprint density at radius 3 is 3.12 bits per heavy atom. The summed E-state index contributed by atoms with van der Waals surface area (Å²) in [5.41, 5.74) is 5.64. The van der Waals surface area contributed by atoms with Gasteiger partial charge < -0.3 is 15.4 Å². The molecule has 4 nitrogen and oxygen atoms in total. The minimum absolute atomic E-state index is 0.360. The van der Waals surface area contributed by atoms with Crippen LogP contribution < -0.4 is 10.6 Å². The molecule has 1 fully saturated rings. The Morgan fingerprint density at radius 1 is 1.65 bits per heavy atom. The lowest BCUT2D eigenvalue weighted by Gasteiger charge is -2.15. The minimum Gasteiger partial charge on any atom is -0.383 e. The SMILES string of the molecule is CC(C)CCO[C@H]1CCN(c2nc(N)cs2)C1. The van der Waals surface area contributed by atoms with Gasteiger partial charge >= 0.3 is 0 Å². The summed E-state index contributed by atoms with van der Waals surface area (Å²) in [5, 5.41) is 2.92. The van der Waals surface area contributed by atoms with Crippen molar-refractivity contribution >= 4 is 22.3 Å². The summed E-state index contributed by atoms with van der Waals surface area (Å²) >= 11 is 1.61. The highest BCUT2D eigenvalue weighted by Gasteiger charge is 2.24. The van der Waals surface area contributed by atoms with Crippen molar-refractivity contribution in [2.75, 3.05) is 30.3 Å². The summed E-state index contributed by atoms with van der Waals surface area (Å²) in [6.45, 7) is 7.30. The molecule has 0 spiro atoms. The molecule has 0 aliphatic carbocycles. The van der Waals surface area contributed by atoms with E-state index in [1.54, 1.807) is 11.3 Å². The smallest absolute Gasteiger partial charge is 0.187 e. The predicted octanol–water partition coefficient (Wildman–Crippen LogP) is 2.37. The first-order valence-corrected chi connectivity index (χ1v) is 7.10. The molecule has 1 atom stereocenters. The number of hydrogen-bond donors (Lipinski definition) is 1. The Labute approximate surface area is 107 Å². The number of ether oxygens (including phenoxy) is 1. The van der Waals surface area contributed by atoms with Crippen molar-refractivity contribution in [3.8, 4) is 0 Å². The number of anilines is 2. The fourth-order valence-electron chi connectivity index (χ4n) is 1.93. The highest BCUT2D eigenvalue weighted by atomic mass is 32.1. The molecule has 96 valence electrons. The van der Waals surface area contributed by atoms with Gasteiger partial charge in [-0.2, -0.15) is 0 Å². The van der Waals surface area contributed by atoms with Gasteiger partial charge in [0.25, 0.3) is 0 Å². The predicted molar refractivity (Wildman–Crippen MR) is 72.6 cm³/mol. The molecule has 17 heavy (non-hydrogen) atoms. The molecule has 1 aliphatic heterocycles. The van der Waals surface area contributed by atoms with Gasteiger partial charge in [0.15, 0.2) is 5.13 Å². The van der Waals surface area contributed by atoms with Crippen molar-refractivity contribution in [2.45, 2.75) is 32.8 Å². The Hall–Kier alpha value is -0.810. The van der Waals surface area contributed by atoms with Gasteiger partial charge in [0.2, 0.25) is 0 Å². The van der Waals surface area contributed by atoms with E-state index in [4.69, 9.17) is 10.5 Å². The van der Waals surface area contributed by atoms with Crippen molar-refractivity contribution < 1.29 is 4.74 Å². The molecule has 2 rings (SSSR count). The third-order valence-corrected chi connectivity index (χ3v) is 3.89. The van der Waals surface area contributed by atoms with E-state index < -0.39 is 0 Å². The first kappa shape index (κ1) is 12.6. The van der Waals surface area contributed by atoms with E-state index in [9.17, 15) is 0 Å². The Balaban J connectivity index is 1.76. The van der Waals surface area contributed by atoms with E-state index >= 15 is 0 Å². The Morgan fingerprint density at radius 2 is 2.47 bits per heavy atom. The van der Waals surface area contributed by atoms with Gasteiger partial charge in [0.1, 0.15) is 5.82 Å². The maximum Gasteiger partial charge on any atom is 0.187 e. The molecule has 1 saturated heterocycles. The van der Waals surface area contributed by atoms with E-state index in [-0.39, 0.29) is 0 Å². The van der Waals surface area contributed by atoms with Crippen LogP contribution in [-0.4, -0.2) is 30.8 Å². The van der Waals surface area contributed by atoms with Gasteiger partial charge in [-0.1, -0.05) is 13.8 Å². The molecule has 2 heterocycles. The number of thiazole rings is 1. The normalized spacial score (nSPS) is 20.4.